The maximum Gasteiger partial charge on any atom is 0.0349 e. The number of nitrogens with one attached hydrogen (secondary N) is 2. The third-order valence-corrected chi connectivity index (χ3v) is 1.83. The molecule has 2 unspecified atom stereocenters. The topological polar surface area (TPSA) is 34.0 Å². The van der Waals surface area contributed by atoms with Gasteiger partial charge in [-0.1, -0.05) is 13.3 Å². The van der Waals surface area contributed by atoms with Crippen molar-refractivity contribution in [3.63, 3.8) is 0 Å². The number of hydrogen-bond acceptors (Lipinski definition) is 2. The van der Waals surface area contributed by atoms with Crippen molar-refractivity contribution in [1.29, 1.82) is 0 Å². The van der Waals surface area contributed by atoms with Crippen LogP contribution >= 0.6 is 0 Å². The SMILES string of the molecule is CCCC1NC1CNC. The maximum atomic E-state index is 3.41. The molecule has 1 heterocycles. The van der Waals surface area contributed by atoms with Crippen molar-refractivity contribution >= 4 is 0 Å². The summed E-state index contributed by atoms with van der Waals surface area (Å²) in [4.78, 5) is 0. The Morgan fingerprint density at radius 2 is 2.22 bits per heavy atom. The molecule has 54 valence electrons. The van der Waals surface area contributed by atoms with Gasteiger partial charge in [-0.3, -0.25) is 0 Å². The Balaban J connectivity index is 1.96. The summed E-state index contributed by atoms with van der Waals surface area (Å²) in [7, 11) is 2.00. The van der Waals surface area contributed by atoms with Crippen LogP contribution in [0.2, 0.25) is 0 Å². The van der Waals surface area contributed by atoms with Gasteiger partial charge < -0.3 is 10.6 Å². The summed E-state index contributed by atoms with van der Waals surface area (Å²) in [5.74, 6) is 0. The minimum atomic E-state index is 0.773. The van der Waals surface area contributed by atoms with Crippen molar-refractivity contribution in [3.8, 4) is 0 Å². The smallest absolute Gasteiger partial charge is 0.0349 e. The molecule has 0 bridgehead atoms. The van der Waals surface area contributed by atoms with Gasteiger partial charge in [0.25, 0.3) is 0 Å². The van der Waals surface area contributed by atoms with Gasteiger partial charge in [0, 0.05) is 18.6 Å². The van der Waals surface area contributed by atoms with Gasteiger partial charge in [0.2, 0.25) is 0 Å². The Bertz CT molecular complexity index is 73.0. The fraction of sp³-hybridized carbons (Fsp3) is 1.00. The molecule has 1 saturated heterocycles. The fourth-order valence-corrected chi connectivity index (χ4v) is 1.24. The van der Waals surface area contributed by atoms with Crippen LogP contribution in [0.1, 0.15) is 19.8 Å². The van der Waals surface area contributed by atoms with Crippen molar-refractivity contribution in [2.24, 2.45) is 0 Å². The molecule has 0 spiro atoms. The number of likely N-dealkylation sites (N-methyl/N-ethyl adjacent to an activating group) is 1. The second-order valence-corrected chi connectivity index (χ2v) is 2.73. The summed E-state index contributed by atoms with van der Waals surface area (Å²) in [6, 6.07) is 1.59. The van der Waals surface area contributed by atoms with E-state index in [4.69, 9.17) is 0 Å². The zero-order chi connectivity index (χ0) is 6.69. The summed E-state index contributed by atoms with van der Waals surface area (Å²) in [6.07, 6.45) is 2.64. The van der Waals surface area contributed by atoms with E-state index in [9.17, 15) is 0 Å². The third-order valence-electron chi connectivity index (χ3n) is 1.83. The van der Waals surface area contributed by atoms with E-state index >= 15 is 0 Å². The standard InChI is InChI=1S/C7H16N2/c1-3-4-6-7(9-6)5-8-2/h6-9H,3-5H2,1-2H3. The second kappa shape index (κ2) is 3.18. The Kier molecular flexibility index (Phi) is 2.49. The zero-order valence-corrected chi connectivity index (χ0v) is 6.28. The van der Waals surface area contributed by atoms with E-state index in [0.717, 1.165) is 18.6 Å². The molecule has 1 aliphatic rings. The van der Waals surface area contributed by atoms with Crippen LogP contribution in [-0.4, -0.2) is 25.7 Å². The highest BCUT2D eigenvalue weighted by molar-refractivity contribution is 4.98. The molecule has 0 radical (unpaired) electrons. The highest BCUT2D eigenvalue weighted by Crippen LogP contribution is 2.14. The van der Waals surface area contributed by atoms with E-state index in [2.05, 4.69) is 17.6 Å². The van der Waals surface area contributed by atoms with E-state index in [1.54, 1.807) is 0 Å². The molecular formula is C7H16N2. The van der Waals surface area contributed by atoms with Crippen molar-refractivity contribution in [2.75, 3.05) is 13.6 Å². The lowest BCUT2D eigenvalue weighted by Gasteiger charge is -1.92. The molecule has 0 aromatic heterocycles. The Morgan fingerprint density at radius 1 is 1.44 bits per heavy atom. The average Bonchev–Trinajstić information content (AvgIpc) is 2.50. The van der Waals surface area contributed by atoms with Crippen LogP contribution in [0.4, 0.5) is 0 Å². The molecule has 0 amide bonds. The molecule has 2 heteroatoms. The minimum absolute atomic E-state index is 0.773. The van der Waals surface area contributed by atoms with Gasteiger partial charge in [-0.25, -0.2) is 0 Å². The van der Waals surface area contributed by atoms with E-state index in [-0.39, 0.29) is 0 Å². The summed E-state index contributed by atoms with van der Waals surface area (Å²) >= 11 is 0. The van der Waals surface area contributed by atoms with Gasteiger partial charge in [-0.05, 0) is 13.5 Å². The third kappa shape index (κ3) is 1.95. The van der Waals surface area contributed by atoms with Gasteiger partial charge in [0.05, 0.1) is 0 Å². The van der Waals surface area contributed by atoms with E-state index in [1.807, 2.05) is 7.05 Å². The highest BCUT2D eigenvalue weighted by atomic mass is 15.2. The Morgan fingerprint density at radius 3 is 2.78 bits per heavy atom. The van der Waals surface area contributed by atoms with Crippen LogP contribution in [0.15, 0.2) is 0 Å². The Hall–Kier alpha value is -0.0800. The average molecular weight is 128 g/mol. The predicted octanol–water partition coefficient (Wildman–Crippen LogP) is 0.346. The van der Waals surface area contributed by atoms with Crippen molar-refractivity contribution in [2.45, 2.75) is 31.8 Å². The lowest BCUT2D eigenvalue weighted by atomic mass is 10.2. The van der Waals surface area contributed by atoms with Crippen LogP contribution in [0.25, 0.3) is 0 Å². The molecule has 0 aliphatic carbocycles. The lowest BCUT2D eigenvalue weighted by Crippen LogP contribution is -2.16. The molecule has 2 N–H and O–H groups in total. The fourth-order valence-electron chi connectivity index (χ4n) is 1.24. The quantitative estimate of drug-likeness (QED) is 0.536. The molecule has 0 aromatic rings. The monoisotopic (exact) mass is 128 g/mol. The van der Waals surface area contributed by atoms with Crippen molar-refractivity contribution in [1.82, 2.24) is 10.6 Å². The van der Waals surface area contributed by atoms with Crippen LogP contribution in [0.5, 0.6) is 0 Å². The first-order valence-electron chi connectivity index (χ1n) is 3.79. The van der Waals surface area contributed by atoms with Crippen LogP contribution < -0.4 is 10.6 Å². The summed E-state index contributed by atoms with van der Waals surface area (Å²) in [6.45, 7) is 3.36. The lowest BCUT2D eigenvalue weighted by molar-refractivity contribution is 0.717. The largest absolute Gasteiger partial charge is 0.318 e. The minimum Gasteiger partial charge on any atom is -0.318 e. The first kappa shape index (κ1) is 7.03. The summed E-state index contributed by atoms with van der Waals surface area (Å²) < 4.78 is 0. The van der Waals surface area contributed by atoms with Crippen LogP contribution in [0, 0.1) is 0 Å². The van der Waals surface area contributed by atoms with Gasteiger partial charge in [-0.2, -0.15) is 0 Å². The van der Waals surface area contributed by atoms with Crippen molar-refractivity contribution < 1.29 is 0 Å². The number of hydrogen-bond donors (Lipinski definition) is 2. The normalized spacial score (nSPS) is 32.7. The first-order chi connectivity index (χ1) is 4.38. The molecule has 1 aliphatic heterocycles. The molecule has 1 fully saturated rings. The molecule has 0 saturated carbocycles. The predicted molar refractivity (Wildman–Crippen MR) is 39.5 cm³/mol. The number of rotatable bonds is 4. The molecule has 1 rings (SSSR count). The summed E-state index contributed by atoms with van der Waals surface area (Å²) in [5, 5.41) is 6.56. The van der Waals surface area contributed by atoms with Crippen molar-refractivity contribution in [3.05, 3.63) is 0 Å². The van der Waals surface area contributed by atoms with Crippen LogP contribution in [-0.2, 0) is 0 Å². The van der Waals surface area contributed by atoms with Crippen LogP contribution in [0.3, 0.4) is 0 Å². The van der Waals surface area contributed by atoms with E-state index < -0.39 is 0 Å². The maximum absolute atomic E-state index is 3.41. The Labute approximate surface area is 57.0 Å². The van der Waals surface area contributed by atoms with Gasteiger partial charge in [0.15, 0.2) is 0 Å². The van der Waals surface area contributed by atoms with E-state index in [1.165, 1.54) is 12.8 Å². The summed E-state index contributed by atoms with van der Waals surface area (Å²) in [5.41, 5.74) is 0. The first-order valence-corrected chi connectivity index (χ1v) is 3.79. The molecule has 2 nitrogen and oxygen atoms in total. The van der Waals surface area contributed by atoms with Gasteiger partial charge in [-0.15, -0.1) is 0 Å². The molecule has 0 aromatic carbocycles. The van der Waals surface area contributed by atoms with Gasteiger partial charge in [0.1, 0.15) is 0 Å². The highest BCUT2D eigenvalue weighted by Gasteiger charge is 2.33. The molecule has 9 heavy (non-hydrogen) atoms. The van der Waals surface area contributed by atoms with E-state index in [0.29, 0.717) is 0 Å². The zero-order valence-electron chi connectivity index (χ0n) is 6.28. The second-order valence-electron chi connectivity index (χ2n) is 2.73. The van der Waals surface area contributed by atoms with Gasteiger partial charge >= 0.3 is 0 Å². The molecule has 2 atom stereocenters. The molecular weight excluding hydrogens is 112 g/mol.